The Labute approximate surface area is 258 Å². The molecular weight excluding hydrogens is 682 g/mol. The predicted octanol–water partition coefficient (Wildman–Crippen LogP) is 6.92. The summed E-state index contributed by atoms with van der Waals surface area (Å²) in [6, 6.07) is 17.9. The van der Waals surface area contributed by atoms with Crippen LogP contribution in [0.2, 0.25) is 0 Å². The van der Waals surface area contributed by atoms with E-state index in [1.807, 2.05) is 60.8 Å². The van der Waals surface area contributed by atoms with E-state index in [2.05, 4.69) is 27.6 Å². The van der Waals surface area contributed by atoms with Gasteiger partial charge in [0.2, 0.25) is 0 Å². The van der Waals surface area contributed by atoms with E-state index >= 15 is 0 Å². The third-order valence-electron chi connectivity index (χ3n) is 7.05. The van der Waals surface area contributed by atoms with E-state index in [9.17, 15) is 27.6 Å². The first-order valence-corrected chi connectivity index (χ1v) is 15.9. The van der Waals surface area contributed by atoms with Crippen molar-refractivity contribution in [2.75, 3.05) is 13.2 Å². The molecule has 1 aliphatic heterocycles. The van der Waals surface area contributed by atoms with Gasteiger partial charge in [0.1, 0.15) is 23.6 Å². The predicted molar refractivity (Wildman–Crippen MR) is 164 cm³/mol. The van der Waals surface area contributed by atoms with Gasteiger partial charge in [-0.25, -0.2) is 4.98 Å². The van der Waals surface area contributed by atoms with Crippen LogP contribution >= 0.6 is 22.6 Å². The highest BCUT2D eigenvalue weighted by atomic mass is 127. The van der Waals surface area contributed by atoms with Crippen LogP contribution in [0.1, 0.15) is 53.8 Å². The van der Waals surface area contributed by atoms with Crippen LogP contribution in [-0.2, 0) is 17.9 Å². The summed E-state index contributed by atoms with van der Waals surface area (Å²) in [6.45, 7) is 0.548. The highest BCUT2D eigenvalue weighted by molar-refractivity contribution is 14.1. The number of amides is 1. The Kier molecular flexibility index (Phi) is 9.47. The van der Waals surface area contributed by atoms with Gasteiger partial charge < -0.3 is 19.4 Å². The Hall–Kier alpha value is -2.65. The first kappa shape index (κ1) is 30.8. The molecule has 1 amide bonds. The van der Waals surface area contributed by atoms with E-state index in [4.69, 9.17) is 4.42 Å². The summed E-state index contributed by atoms with van der Waals surface area (Å²) in [5, 5.41) is 12.8. The first-order chi connectivity index (χ1) is 20.1. The fraction of sp³-hybridized carbons (Fsp3) is 0.333. The lowest BCUT2D eigenvalue weighted by atomic mass is 9.95. The van der Waals surface area contributed by atoms with Crippen LogP contribution < -0.4 is 5.32 Å². The molecule has 4 aromatic rings. The zero-order valence-corrected chi connectivity index (χ0v) is 25.6. The van der Waals surface area contributed by atoms with E-state index in [0.717, 1.165) is 29.4 Å². The number of hydrogen-bond donors (Lipinski definition) is 2. The molecule has 1 aliphatic rings. The lowest BCUT2D eigenvalue weighted by Gasteiger charge is -2.29. The second-order valence-electron chi connectivity index (χ2n) is 10.0. The molecule has 0 bridgehead atoms. The van der Waals surface area contributed by atoms with E-state index in [1.54, 1.807) is 10.4 Å². The number of carbonyl (C=O) groups is 1. The number of benzene rings is 2. The zero-order chi connectivity index (χ0) is 30.0. The highest BCUT2D eigenvalue weighted by Gasteiger charge is 2.43. The molecule has 0 saturated heterocycles. The van der Waals surface area contributed by atoms with Gasteiger partial charge >= 0.3 is 6.18 Å². The van der Waals surface area contributed by atoms with Crippen LogP contribution in [0.25, 0.3) is 33.6 Å². The number of furan rings is 1. The van der Waals surface area contributed by atoms with Crippen LogP contribution in [0.15, 0.2) is 65.1 Å². The maximum absolute atomic E-state index is 13.6. The minimum atomic E-state index is -4.58. The van der Waals surface area contributed by atoms with Crippen molar-refractivity contribution in [1.82, 2.24) is 14.6 Å². The van der Waals surface area contributed by atoms with Crippen molar-refractivity contribution in [3.8, 4) is 22.6 Å². The highest BCUT2D eigenvalue weighted by Crippen LogP contribution is 2.45. The standard InChI is InChI=1S/C30H29F3IN3O4S/c1-2-6-26(34)42(40)37-16-21-14-22(29(39)35-17-30(31,32)33)36-28(27(21)23(37)11-12-38)20-9-5-8-18(13-20)25-15-19-7-3-4-10-24(19)41-25/h3-5,7-10,13-15,23,26,38H,2,6,11-12,16-17H2,1H3,(H,35,39)/t23-,26?,42-/m1/s1. The van der Waals surface area contributed by atoms with Crippen molar-refractivity contribution in [3.63, 3.8) is 0 Å². The van der Waals surface area contributed by atoms with Crippen molar-refractivity contribution in [1.29, 1.82) is 0 Å². The number of alkyl halides is 4. The Bertz CT molecular complexity index is 1550. The Morgan fingerprint density at radius 2 is 1.98 bits per heavy atom. The third-order valence-corrected chi connectivity index (χ3v) is 10.5. The molecule has 222 valence electrons. The number of aromatic nitrogens is 1. The van der Waals surface area contributed by atoms with Gasteiger partial charge in [0, 0.05) is 35.1 Å². The molecular formula is C30H29F3IN3O4S. The van der Waals surface area contributed by atoms with E-state index in [0.29, 0.717) is 28.1 Å². The van der Waals surface area contributed by atoms with E-state index in [-0.39, 0.29) is 28.5 Å². The van der Waals surface area contributed by atoms with Crippen molar-refractivity contribution < 1.29 is 32.0 Å². The molecule has 0 radical (unpaired) electrons. The topological polar surface area (TPSA) is 102 Å². The van der Waals surface area contributed by atoms with Crippen molar-refractivity contribution >= 4 is 50.8 Å². The molecule has 2 aromatic carbocycles. The number of carbonyl (C=O) groups excluding carboxylic acids is 1. The number of hydrogen-bond acceptors (Lipinski definition) is 6. The van der Waals surface area contributed by atoms with Crippen molar-refractivity contribution in [3.05, 3.63) is 77.5 Å². The molecule has 42 heavy (non-hydrogen) atoms. The number of aliphatic hydroxyl groups excluding tert-OH is 1. The molecule has 2 aromatic heterocycles. The lowest BCUT2D eigenvalue weighted by molar-refractivity contribution is -0.123. The van der Waals surface area contributed by atoms with Gasteiger partial charge in [0.25, 0.3) is 5.91 Å². The summed E-state index contributed by atoms with van der Waals surface area (Å²) < 4.78 is 59.9. The number of fused-ring (bicyclic) bond motifs is 2. The average Bonchev–Trinajstić information content (AvgIpc) is 3.57. The van der Waals surface area contributed by atoms with Gasteiger partial charge in [0.05, 0.1) is 29.6 Å². The molecule has 3 heterocycles. The van der Waals surface area contributed by atoms with E-state index < -0.39 is 36.0 Å². The number of para-hydroxylation sites is 1. The second-order valence-corrected chi connectivity index (χ2v) is 14.0. The number of pyridine rings is 1. The molecule has 0 spiro atoms. The van der Waals surface area contributed by atoms with Crippen LogP contribution in [0, 0.1) is 0 Å². The maximum atomic E-state index is 13.6. The van der Waals surface area contributed by atoms with Gasteiger partial charge in [-0.3, -0.25) is 4.79 Å². The normalized spacial score (nSPS) is 16.9. The SMILES string of the molecule is CCCC(I)[S@@+]([O-])N1Cc2cc(C(=O)NCC(F)(F)F)nc(-c3cccc(-c4cc5ccccc5o4)c3)c2[C@H]1CCO. The zero-order valence-electron chi connectivity index (χ0n) is 22.7. The fourth-order valence-electron chi connectivity index (χ4n) is 5.16. The molecule has 0 aliphatic carbocycles. The van der Waals surface area contributed by atoms with Crippen molar-refractivity contribution in [2.24, 2.45) is 0 Å². The molecule has 0 saturated carbocycles. The summed E-state index contributed by atoms with van der Waals surface area (Å²) in [7, 11) is 0. The number of rotatable bonds is 10. The minimum absolute atomic E-state index is 0.169. The number of nitrogens with zero attached hydrogens (tertiary/aromatic N) is 2. The summed E-state index contributed by atoms with van der Waals surface area (Å²) in [5.41, 5.74) is 3.65. The molecule has 3 atom stereocenters. The van der Waals surface area contributed by atoms with Crippen molar-refractivity contribution in [2.45, 2.75) is 48.2 Å². The van der Waals surface area contributed by atoms with Crippen LogP contribution in [0.4, 0.5) is 13.2 Å². The Morgan fingerprint density at radius 3 is 2.69 bits per heavy atom. The molecule has 0 fully saturated rings. The van der Waals surface area contributed by atoms with Gasteiger partial charge in [0.15, 0.2) is 3.26 Å². The molecule has 12 heteroatoms. The minimum Gasteiger partial charge on any atom is -0.597 e. The van der Waals surface area contributed by atoms with E-state index in [1.165, 1.54) is 6.07 Å². The quantitative estimate of drug-likeness (QED) is 0.105. The van der Waals surface area contributed by atoms with Gasteiger partial charge in [-0.1, -0.05) is 49.7 Å². The largest absolute Gasteiger partial charge is 0.597 e. The second kappa shape index (κ2) is 12.9. The smallest absolute Gasteiger partial charge is 0.405 e. The molecule has 7 nitrogen and oxygen atoms in total. The van der Waals surface area contributed by atoms with Gasteiger partial charge in [-0.15, -0.1) is 4.31 Å². The van der Waals surface area contributed by atoms with Crippen LogP contribution in [-0.4, -0.2) is 47.4 Å². The number of halogens is 4. The molecule has 1 unspecified atom stereocenters. The average molecular weight is 712 g/mol. The number of nitrogens with one attached hydrogen (secondary N) is 1. The van der Waals surface area contributed by atoms with Crippen LogP contribution in [0.3, 0.4) is 0 Å². The monoisotopic (exact) mass is 711 g/mol. The molecule has 5 rings (SSSR count). The molecule has 2 N–H and O–H groups in total. The number of aliphatic hydroxyl groups is 1. The third kappa shape index (κ3) is 6.62. The summed E-state index contributed by atoms with van der Waals surface area (Å²) in [5.74, 6) is -0.337. The Morgan fingerprint density at radius 1 is 1.21 bits per heavy atom. The van der Waals surface area contributed by atoms with Gasteiger partial charge in [-0.05, 0) is 58.8 Å². The van der Waals surface area contributed by atoms with Gasteiger partial charge in [-0.2, -0.15) is 13.2 Å². The first-order valence-electron chi connectivity index (χ1n) is 13.5. The van der Waals surface area contributed by atoms with Crippen LogP contribution in [0.5, 0.6) is 0 Å². The fourth-order valence-corrected chi connectivity index (χ4v) is 8.12. The summed E-state index contributed by atoms with van der Waals surface area (Å²) in [4.78, 5) is 17.5. The lowest BCUT2D eigenvalue weighted by Crippen LogP contribution is -2.35. The Balaban J connectivity index is 1.61. The summed E-state index contributed by atoms with van der Waals surface area (Å²) in [6.07, 6.45) is -2.74. The summed E-state index contributed by atoms with van der Waals surface area (Å²) >= 11 is 0.745. The maximum Gasteiger partial charge on any atom is 0.405 e.